The van der Waals surface area contributed by atoms with Crippen LogP contribution >= 0.6 is 0 Å². The van der Waals surface area contributed by atoms with Crippen molar-refractivity contribution in [2.75, 3.05) is 0 Å². The number of aldehydes is 1. The van der Waals surface area contributed by atoms with E-state index in [0.29, 0.717) is 0 Å². The summed E-state index contributed by atoms with van der Waals surface area (Å²) in [7, 11) is 0. The maximum Gasteiger partial charge on any atom is 0.150 e. The Morgan fingerprint density at radius 2 is 2.25 bits per heavy atom. The fraction of sp³-hybridized carbons (Fsp3) is 0.182. The average molecular weight is 160 g/mol. The van der Waals surface area contributed by atoms with Crippen molar-refractivity contribution in [2.45, 2.75) is 13.3 Å². The largest absolute Gasteiger partial charge is 0.298 e. The second kappa shape index (κ2) is 3.86. The van der Waals surface area contributed by atoms with Crippen LogP contribution in [0.25, 0.3) is 0 Å². The maximum atomic E-state index is 10.6. The van der Waals surface area contributed by atoms with Gasteiger partial charge in [-0.1, -0.05) is 29.8 Å². The van der Waals surface area contributed by atoms with E-state index in [9.17, 15) is 4.79 Å². The summed E-state index contributed by atoms with van der Waals surface area (Å²) < 4.78 is 0. The molecule has 0 saturated carbocycles. The molecule has 0 saturated heterocycles. The predicted molar refractivity (Wildman–Crippen MR) is 50.5 cm³/mol. The van der Waals surface area contributed by atoms with Crippen LogP contribution in [0.1, 0.15) is 21.5 Å². The molecular formula is C11H12O. The van der Waals surface area contributed by atoms with Crippen LogP contribution in [0.3, 0.4) is 0 Å². The van der Waals surface area contributed by atoms with Crippen LogP contribution in [0, 0.1) is 6.92 Å². The molecule has 0 radical (unpaired) electrons. The molecule has 0 atom stereocenters. The average Bonchev–Trinajstić information content (AvgIpc) is 2.05. The van der Waals surface area contributed by atoms with E-state index < -0.39 is 0 Å². The fourth-order valence-electron chi connectivity index (χ4n) is 1.18. The van der Waals surface area contributed by atoms with Crippen molar-refractivity contribution in [1.29, 1.82) is 0 Å². The monoisotopic (exact) mass is 160 g/mol. The van der Waals surface area contributed by atoms with E-state index in [4.69, 9.17) is 0 Å². The lowest BCUT2D eigenvalue weighted by molar-refractivity contribution is 0.112. The summed E-state index contributed by atoms with van der Waals surface area (Å²) in [5, 5.41) is 0. The predicted octanol–water partition coefficient (Wildman–Crippen LogP) is 2.54. The van der Waals surface area contributed by atoms with Crippen LogP contribution in [-0.2, 0) is 6.42 Å². The number of allylic oxidation sites excluding steroid dienone is 1. The van der Waals surface area contributed by atoms with Crippen LogP contribution in [-0.4, -0.2) is 6.29 Å². The quantitative estimate of drug-likeness (QED) is 0.490. The van der Waals surface area contributed by atoms with Crippen LogP contribution < -0.4 is 0 Å². The third-order valence-electron chi connectivity index (χ3n) is 1.79. The molecule has 0 N–H and O–H groups in total. The van der Waals surface area contributed by atoms with Crippen LogP contribution in [0.5, 0.6) is 0 Å². The number of aryl methyl sites for hydroxylation is 1. The molecule has 0 unspecified atom stereocenters. The lowest BCUT2D eigenvalue weighted by Gasteiger charge is -2.02. The molecule has 0 aliphatic heterocycles. The molecule has 1 heteroatoms. The first-order valence-electron chi connectivity index (χ1n) is 3.93. The zero-order valence-corrected chi connectivity index (χ0v) is 7.21. The Morgan fingerprint density at radius 3 is 2.83 bits per heavy atom. The SMILES string of the molecule is C=CCc1cc(C)ccc1C=O. The van der Waals surface area contributed by atoms with Gasteiger partial charge in [0.1, 0.15) is 6.29 Å². The minimum absolute atomic E-state index is 0.760. The van der Waals surface area contributed by atoms with Gasteiger partial charge in [0, 0.05) is 5.56 Å². The van der Waals surface area contributed by atoms with Gasteiger partial charge in [-0.25, -0.2) is 0 Å². The van der Waals surface area contributed by atoms with E-state index in [-0.39, 0.29) is 0 Å². The molecule has 1 rings (SSSR count). The van der Waals surface area contributed by atoms with Gasteiger partial charge in [-0.05, 0) is 18.9 Å². The first kappa shape index (κ1) is 8.72. The topological polar surface area (TPSA) is 17.1 Å². The number of carbonyl (C=O) groups excluding carboxylic acids is 1. The Labute approximate surface area is 72.7 Å². The third kappa shape index (κ3) is 1.82. The number of hydrogen-bond acceptors (Lipinski definition) is 1. The van der Waals surface area contributed by atoms with E-state index in [1.54, 1.807) is 0 Å². The van der Waals surface area contributed by atoms with Gasteiger partial charge in [-0.15, -0.1) is 6.58 Å². The van der Waals surface area contributed by atoms with Gasteiger partial charge in [0.2, 0.25) is 0 Å². The number of hydrogen-bond donors (Lipinski definition) is 0. The Morgan fingerprint density at radius 1 is 1.50 bits per heavy atom. The molecular weight excluding hydrogens is 148 g/mol. The van der Waals surface area contributed by atoms with Crippen molar-refractivity contribution in [3.8, 4) is 0 Å². The Balaban J connectivity index is 3.11. The molecule has 0 heterocycles. The van der Waals surface area contributed by atoms with E-state index in [0.717, 1.165) is 23.8 Å². The highest BCUT2D eigenvalue weighted by atomic mass is 16.1. The Bertz CT molecular complexity index is 300. The molecule has 0 fully saturated rings. The number of carbonyl (C=O) groups is 1. The molecule has 0 bridgehead atoms. The first-order valence-corrected chi connectivity index (χ1v) is 3.93. The van der Waals surface area contributed by atoms with E-state index in [2.05, 4.69) is 6.58 Å². The van der Waals surface area contributed by atoms with Crippen molar-refractivity contribution in [3.05, 3.63) is 47.5 Å². The fourth-order valence-corrected chi connectivity index (χ4v) is 1.18. The smallest absolute Gasteiger partial charge is 0.150 e. The third-order valence-corrected chi connectivity index (χ3v) is 1.79. The van der Waals surface area contributed by atoms with Gasteiger partial charge in [0.15, 0.2) is 0 Å². The molecule has 62 valence electrons. The molecule has 12 heavy (non-hydrogen) atoms. The second-order valence-corrected chi connectivity index (χ2v) is 2.81. The number of benzene rings is 1. The summed E-state index contributed by atoms with van der Waals surface area (Å²) in [5.74, 6) is 0. The maximum absolute atomic E-state index is 10.6. The van der Waals surface area contributed by atoms with Crippen molar-refractivity contribution in [3.63, 3.8) is 0 Å². The Kier molecular flexibility index (Phi) is 2.81. The highest BCUT2D eigenvalue weighted by Gasteiger charge is 1.98. The van der Waals surface area contributed by atoms with Crippen LogP contribution in [0.15, 0.2) is 30.9 Å². The highest BCUT2D eigenvalue weighted by molar-refractivity contribution is 5.77. The molecule has 0 aliphatic carbocycles. The molecule has 1 aromatic carbocycles. The summed E-state index contributed by atoms with van der Waals surface area (Å²) in [5.41, 5.74) is 3.00. The molecule has 0 aliphatic rings. The van der Waals surface area contributed by atoms with Crippen molar-refractivity contribution in [2.24, 2.45) is 0 Å². The Hall–Kier alpha value is -1.37. The van der Waals surface area contributed by atoms with Gasteiger partial charge in [0.25, 0.3) is 0 Å². The molecule has 1 aromatic rings. The normalized spacial score (nSPS) is 9.42. The second-order valence-electron chi connectivity index (χ2n) is 2.81. The highest BCUT2D eigenvalue weighted by Crippen LogP contribution is 2.10. The summed E-state index contributed by atoms with van der Waals surface area (Å²) in [6, 6.07) is 5.81. The molecule has 1 nitrogen and oxygen atoms in total. The standard InChI is InChI=1S/C11H12O/c1-3-4-10-7-9(2)5-6-11(10)8-12/h3,5-8H,1,4H2,2H3. The lowest BCUT2D eigenvalue weighted by Crippen LogP contribution is -1.91. The first-order chi connectivity index (χ1) is 5.77. The van der Waals surface area contributed by atoms with Crippen LogP contribution in [0.2, 0.25) is 0 Å². The minimum atomic E-state index is 0.760. The van der Waals surface area contributed by atoms with Gasteiger partial charge < -0.3 is 0 Å². The number of rotatable bonds is 3. The zero-order chi connectivity index (χ0) is 8.97. The zero-order valence-electron chi connectivity index (χ0n) is 7.21. The summed E-state index contributed by atoms with van der Waals surface area (Å²) in [6.45, 7) is 5.66. The van der Waals surface area contributed by atoms with E-state index in [1.165, 1.54) is 5.56 Å². The summed E-state index contributed by atoms with van der Waals surface area (Å²) in [6.07, 6.45) is 3.45. The van der Waals surface area contributed by atoms with Crippen molar-refractivity contribution < 1.29 is 4.79 Å². The van der Waals surface area contributed by atoms with E-state index >= 15 is 0 Å². The van der Waals surface area contributed by atoms with Gasteiger partial charge >= 0.3 is 0 Å². The van der Waals surface area contributed by atoms with Crippen LogP contribution in [0.4, 0.5) is 0 Å². The lowest BCUT2D eigenvalue weighted by atomic mass is 10.0. The summed E-state index contributed by atoms with van der Waals surface area (Å²) in [4.78, 5) is 10.6. The minimum Gasteiger partial charge on any atom is -0.298 e. The summed E-state index contributed by atoms with van der Waals surface area (Å²) >= 11 is 0. The molecule has 0 amide bonds. The molecule has 0 spiro atoms. The van der Waals surface area contributed by atoms with Gasteiger partial charge in [0.05, 0.1) is 0 Å². The van der Waals surface area contributed by atoms with Crippen molar-refractivity contribution in [1.82, 2.24) is 0 Å². The van der Waals surface area contributed by atoms with Gasteiger partial charge in [-0.2, -0.15) is 0 Å². The van der Waals surface area contributed by atoms with Crippen molar-refractivity contribution >= 4 is 6.29 Å². The molecule has 0 aromatic heterocycles. The van der Waals surface area contributed by atoms with Gasteiger partial charge in [-0.3, -0.25) is 4.79 Å². The van der Waals surface area contributed by atoms with E-state index in [1.807, 2.05) is 31.2 Å².